The van der Waals surface area contributed by atoms with Crippen LogP contribution < -0.4 is 5.32 Å². The molecule has 27 heavy (non-hydrogen) atoms. The van der Waals surface area contributed by atoms with Gasteiger partial charge in [-0.2, -0.15) is 0 Å². The normalized spacial score (nSPS) is 14.7. The zero-order valence-corrected chi connectivity index (χ0v) is 16.3. The largest absolute Gasteiger partial charge is 0.379 e. The third kappa shape index (κ3) is 5.81. The number of aryl methyl sites for hydroxylation is 1. The summed E-state index contributed by atoms with van der Waals surface area (Å²) in [5.74, 6) is 0. The summed E-state index contributed by atoms with van der Waals surface area (Å²) >= 11 is 0. The van der Waals surface area contributed by atoms with Gasteiger partial charge in [0.2, 0.25) is 0 Å². The van der Waals surface area contributed by atoms with Crippen molar-refractivity contribution in [2.75, 3.05) is 33.4 Å². The Morgan fingerprint density at radius 2 is 1.74 bits per heavy atom. The van der Waals surface area contributed by atoms with Crippen LogP contribution in [-0.4, -0.2) is 49.2 Å². The average Bonchev–Trinajstić information content (AvgIpc) is 2.69. The van der Waals surface area contributed by atoms with Crippen LogP contribution in [0.3, 0.4) is 0 Å². The number of ether oxygens (including phenoxy) is 1. The number of carbonyl (C=O) groups excluding carboxylic acids is 1. The van der Waals surface area contributed by atoms with E-state index in [2.05, 4.69) is 53.5 Å². The Balaban J connectivity index is 1.46. The first-order valence-electron chi connectivity index (χ1n) is 9.53. The van der Waals surface area contributed by atoms with E-state index in [0.29, 0.717) is 13.1 Å². The van der Waals surface area contributed by atoms with Crippen molar-refractivity contribution in [2.45, 2.75) is 26.6 Å². The average molecular weight is 367 g/mol. The SMILES string of the molecule is Cc1ccccc1CN(C)C(=O)NCc1ccc(CN2CCOCC2)cc1. The lowest BCUT2D eigenvalue weighted by atomic mass is 10.1. The van der Waals surface area contributed by atoms with Gasteiger partial charge in [-0.25, -0.2) is 4.79 Å². The Morgan fingerprint density at radius 3 is 2.44 bits per heavy atom. The van der Waals surface area contributed by atoms with Crippen molar-refractivity contribution in [3.8, 4) is 0 Å². The van der Waals surface area contributed by atoms with Gasteiger partial charge in [-0.05, 0) is 29.2 Å². The molecule has 3 rings (SSSR count). The molecular formula is C22H29N3O2. The third-order valence-electron chi connectivity index (χ3n) is 4.99. The van der Waals surface area contributed by atoms with Gasteiger partial charge in [-0.1, -0.05) is 48.5 Å². The van der Waals surface area contributed by atoms with Crippen LogP contribution in [0.1, 0.15) is 22.3 Å². The number of rotatable bonds is 6. The fraction of sp³-hybridized carbons (Fsp3) is 0.409. The van der Waals surface area contributed by atoms with Crippen molar-refractivity contribution < 1.29 is 9.53 Å². The lowest BCUT2D eigenvalue weighted by Crippen LogP contribution is -2.36. The van der Waals surface area contributed by atoms with Crippen LogP contribution in [0, 0.1) is 6.92 Å². The van der Waals surface area contributed by atoms with Crippen LogP contribution in [0.4, 0.5) is 4.79 Å². The Kier molecular flexibility index (Phi) is 6.85. The minimum absolute atomic E-state index is 0.0596. The van der Waals surface area contributed by atoms with Crippen molar-refractivity contribution in [3.05, 3.63) is 70.8 Å². The first-order valence-corrected chi connectivity index (χ1v) is 9.53. The molecule has 0 aliphatic carbocycles. The molecule has 1 aliphatic heterocycles. The maximum Gasteiger partial charge on any atom is 0.317 e. The molecule has 0 saturated carbocycles. The van der Waals surface area contributed by atoms with Crippen LogP contribution in [0.15, 0.2) is 48.5 Å². The predicted octanol–water partition coefficient (Wildman–Crippen LogP) is 3.17. The summed E-state index contributed by atoms with van der Waals surface area (Å²) in [5, 5.41) is 3.00. The highest BCUT2D eigenvalue weighted by molar-refractivity contribution is 5.73. The van der Waals surface area contributed by atoms with E-state index in [0.717, 1.165) is 38.4 Å². The number of hydrogen-bond acceptors (Lipinski definition) is 3. The molecule has 5 heteroatoms. The minimum Gasteiger partial charge on any atom is -0.379 e. The first kappa shape index (κ1) is 19.4. The lowest BCUT2D eigenvalue weighted by Gasteiger charge is -2.26. The predicted molar refractivity (Wildman–Crippen MR) is 107 cm³/mol. The maximum atomic E-state index is 12.4. The van der Waals surface area contributed by atoms with Gasteiger partial charge in [0.25, 0.3) is 0 Å². The summed E-state index contributed by atoms with van der Waals surface area (Å²) in [6, 6.07) is 16.6. The molecule has 0 spiro atoms. The number of morpholine rings is 1. The third-order valence-corrected chi connectivity index (χ3v) is 4.99. The van der Waals surface area contributed by atoms with E-state index < -0.39 is 0 Å². The second-order valence-corrected chi connectivity index (χ2v) is 7.15. The van der Waals surface area contributed by atoms with Crippen molar-refractivity contribution in [2.24, 2.45) is 0 Å². The number of urea groups is 1. The van der Waals surface area contributed by atoms with Gasteiger partial charge in [0.1, 0.15) is 0 Å². The van der Waals surface area contributed by atoms with E-state index in [-0.39, 0.29) is 6.03 Å². The molecule has 1 saturated heterocycles. The van der Waals surface area contributed by atoms with Crippen molar-refractivity contribution in [1.82, 2.24) is 15.1 Å². The second kappa shape index (κ2) is 9.53. The molecule has 2 aromatic carbocycles. The van der Waals surface area contributed by atoms with Crippen molar-refractivity contribution in [3.63, 3.8) is 0 Å². The zero-order valence-electron chi connectivity index (χ0n) is 16.3. The highest BCUT2D eigenvalue weighted by Gasteiger charge is 2.11. The number of hydrogen-bond donors (Lipinski definition) is 1. The Morgan fingerprint density at radius 1 is 1.07 bits per heavy atom. The topological polar surface area (TPSA) is 44.8 Å². The first-order chi connectivity index (χ1) is 13.1. The van der Waals surface area contributed by atoms with Gasteiger partial charge < -0.3 is 15.0 Å². The van der Waals surface area contributed by atoms with Gasteiger partial charge in [0.15, 0.2) is 0 Å². The summed E-state index contributed by atoms with van der Waals surface area (Å²) in [5.41, 5.74) is 4.78. The summed E-state index contributed by atoms with van der Waals surface area (Å²) in [7, 11) is 1.83. The molecule has 2 amide bonds. The fourth-order valence-electron chi connectivity index (χ4n) is 3.21. The Labute approximate surface area is 161 Å². The van der Waals surface area contributed by atoms with Crippen LogP contribution in [0.5, 0.6) is 0 Å². The highest BCUT2D eigenvalue weighted by Crippen LogP contribution is 2.11. The van der Waals surface area contributed by atoms with E-state index in [1.54, 1.807) is 4.90 Å². The fourth-order valence-corrected chi connectivity index (χ4v) is 3.21. The summed E-state index contributed by atoms with van der Waals surface area (Å²) in [6.07, 6.45) is 0. The Hall–Kier alpha value is -2.37. The monoisotopic (exact) mass is 367 g/mol. The van der Waals surface area contributed by atoms with Crippen molar-refractivity contribution >= 4 is 6.03 Å². The zero-order chi connectivity index (χ0) is 19.1. The molecule has 1 N–H and O–H groups in total. The molecular weight excluding hydrogens is 338 g/mol. The van der Waals surface area contributed by atoms with E-state index in [9.17, 15) is 4.79 Å². The number of amides is 2. The Bertz CT molecular complexity index is 739. The van der Waals surface area contributed by atoms with Gasteiger partial charge in [0.05, 0.1) is 13.2 Å². The van der Waals surface area contributed by atoms with Gasteiger partial charge in [-0.3, -0.25) is 4.90 Å². The molecule has 2 aromatic rings. The molecule has 5 nitrogen and oxygen atoms in total. The lowest BCUT2D eigenvalue weighted by molar-refractivity contribution is 0.0342. The number of nitrogens with one attached hydrogen (secondary N) is 1. The summed E-state index contributed by atoms with van der Waals surface area (Å²) < 4.78 is 5.39. The molecule has 0 aromatic heterocycles. The van der Waals surface area contributed by atoms with Crippen LogP contribution in [-0.2, 0) is 24.4 Å². The number of benzene rings is 2. The van der Waals surface area contributed by atoms with Gasteiger partial charge >= 0.3 is 6.03 Å². The minimum atomic E-state index is -0.0596. The molecule has 0 atom stereocenters. The smallest absolute Gasteiger partial charge is 0.317 e. The number of carbonyl (C=O) groups is 1. The van der Waals surface area contributed by atoms with E-state index in [1.165, 1.54) is 16.7 Å². The van der Waals surface area contributed by atoms with Crippen molar-refractivity contribution in [1.29, 1.82) is 0 Å². The second-order valence-electron chi connectivity index (χ2n) is 7.15. The molecule has 0 radical (unpaired) electrons. The summed E-state index contributed by atoms with van der Waals surface area (Å²) in [4.78, 5) is 16.5. The van der Waals surface area contributed by atoms with E-state index >= 15 is 0 Å². The summed E-state index contributed by atoms with van der Waals surface area (Å²) in [6.45, 7) is 7.79. The standard InChI is InChI=1S/C22H29N3O2/c1-18-5-3-4-6-21(18)17-24(2)22(26)23-15-19-7-9-20(10-8-19)16-25-11-13-27-14-12-25/h3-10H,11-17H2,1-2H3,(H,23,26). The van der Waals surface area contributed by atoms with E-state index in [4.69, 9.17) is 4.74 Å². The molecule has 0 unspecified atom stereocenters. The molecule has 1 aliphatic rings. The molecule has 144 valence electrons. The highest BCUT2D eigenvalue weighted by atomic mass is 16.5. The van der Waals surface area contributed by atoms with Crippen LogP contribution in [0.2, 0.25) is 0 Å². The van der Waals surface area contributed by atoms with E-state index in [1.807, 2.05) is 19.2 Å². The van der Waals surface area contributed by atoms with Crippen LogP contribution in [0.25, 0.3) is 0 Å². The molecule has 0 bridgehead atoms. The maximum absolute atomic E-state index is 12.4. The molecule has 1 heterocycles. The van der Waals surface area contributed by atoms with Crippen LogP contribution >= 0.6 is 0 Å². The molecule has 1 fully saturated rings. The van der Waals surface area contributed by atoms with Gasteiger partial charge in [0, 0.05) is 39.8 Å². The quantitative estimate of drug-likeness (QED) is 0.853. The number of nitrogens with zero attached hydrogens (tertiary/aromatic N) is 2. The van der Waals surface area contributed by atoms with Gasteiger partial charge in [-0.15, -0.1) is 0 Å².